The van der Waals surface area contributed by atoms with E-state index in [1.807, 2.05) is 0 Å². The zero-order chi connectivity index (χ0) is 13.7. The third kappa shape index (κ3) is 5.05. The van der Waals surface area contributed by atoms with Crippen molar-refractivity contribution in [2.24, 2.45) is 5.92 Å². The zero-order valence-electron chi connectivity index (χ0n) is 13.0. The first-order valence-electron chi connectivity index (χ1n) is 8.28. The number of nitrogens with zero attached hydrogens (tertiary/aromatic N) is 1. The second-order valence-corrected chi connectivity index (χ2v) is 6.67. The van der Waals surface area contributed by atoms with Crippen LogP contribution < -0.4 is 5.32 Å². The van der Waals surface area contributed by atoms with Crippen molar-refractivity contribution in [3.8, 4) is 0 Å². The van der Waals surface area contributed by atoms with Crippen molar-refractivity contribution < 1.29 is 4.74 Å². The lowest BCUT2D eigenvalue weighted by atomic mass is 9.94. The van der Waals surface area contributed by atoms with Gasteiger partial charge in [0.1, 0.15) is 0 Å². The maximum absolute atomic E-state index is 6.16. The van der Waals surface area contributed by atoms with Gasteiger partial charge in [-0.1, -0.05) is 27.2 Å². The van der Waals surface area contributed by atoms with Gasteiger partial charge in [-0.25, -0.2) is 0 Å². The van der Waals surface area contributed by atoms with Crippen LogP contribution in [0.3, 0.4) is 0 Å². The lowest BCUT2D eigenvalue weighted by Crippen LogP contribution is -2.39. The van der Waals surface area contributed by atoms with Gasteiger partial charge in [0.05, 0.1) is 12.2 Å². The SMILES string of the molecule is CCC1CCN(CC2CCC(CNC(C)C)O2)CC1. The van der Waals surface area contributed by atoms with Crippen molar-refractivity contribution in [3.63, 3.8) is 0 Å². The van der Waals surface area contributed by atoms with E-state index < -0.39 is 0 Å². The summed E-state index contributed by atoms with van der Waals surface area (Å²) in [6.07, 6.45) is 7.55. The molecule has 0 radical (unpaired) electrons. The summed E-state index contributed by atoms with van der Waals surface area (Å²) in [4.78, 5) is 2.62. The summed E-state index contributed by atoms with van der Waals surface area (Å²) in [5.41, 5.74) is 0. The first-order chi connectivity index (χ1) is 9.17. The Balaban J connectivity index is 1.62. The van der Waals surface area contributed by atoms with Crippen LogP contribution in [0.1, 0.15) is 52.9 Å². The van der Waals surface area contributed by atoms with Gasteiger partial charge < -0.3 is 15.0 Å². The van der Waals surface area contributed by atoms with E-state index in [0.29, 0.717) is 18.2 Å². The predicted octanol–water partition coefficient (Wildman–Crippen LogP) is 2.65. The van der Waals surface area contributed by atoms with Gasteiger partial charge in [-0.15, -0.1) is 0 Å². The number of likely N-dealkylation sites (tertiary alicyclic amines) is 1. The number of piperidine rings is 1. The van der Waals surface area contributed by atoms with Crippen LogP contribution in [-0.4, -0.2) is 49.3 Å². The number of hydrogen-bond donors (Lipinski definition) is 1. The minimum absolute atomic E-state index is 0.445. The van der Waals surface area contributed by atoms with E-state index in [-0.39, 0.29) is 0 Å². The molecule has 0 aromatic rings. The fraction of sp³-hybridized carbons (Fsp3) is 1.00. The van der Waals surface area contributed by atoms with Gasteiger partial charge in [0.15, 0.2) is 0 Å². The predicted molar refractivity (Wildman–Crippen MR) is 80.5 cm³/mol. The Morgan fingerprint density at radius 1 is 1.11 bits per heavy atom. The molecule has 3 nitrogen and oxygen atoms in total. The molecule has 0 saturated carbocycles. The number of hydrogen-bond acceptors (Lipinski definition) is 3. The van der Waals surface area contributed by atoms with Crippen LogP contribution in [0.5, 0.6) is 0 Å². The molecule has 2 rings (SSSR count). The molecular weight excluding hydrogens is 236 g/mol. The first-order valence-corrected chi connectivity index (χ1v) is 8.28. The topological polar surface area (TPSA) is 24.5 Å². The molecule has 2 heterocycles. The molecule has 2 fully saturated rings. The van der Waals surface area contributed by atoms with Crippen LogP contribution in [0, 0.1) is 5.92 Å². The minimum Gasteiger partial charge on any atom is -0.372 e. The summed E-state index contributed by atoms with van der Waals surface area (Å²) in [7, 11) is 0. The van der Waals surface area contributed by atoms with Gasteiger partial charge in [0.2, 0.25) is 0 Å². The molecule has 0 amide bonds. The second-order valence-electron chi connectivity index (χ2n) is 6.67. The van der Waals surface area contributed by atoms with Crippen LogP contribution in [-0.2, 0) is 4.74 Å². The highest BCUT2D eigenvalue weighted by atomic mass is 16.5. The van der Waals surface area contributed by atoms with Crippen molar-refractivity contribution in [3.05, 3.63) is 0 Å². The molecule has 0 spiro atoms. The quantitative estimate of drug-likeness (QED) is 0.801. The smallest absolute Gasteiger partial charge is 0.0707 e. The fourth-order valence-corrected chi connectivity index (χ4v) is 3.30. The fourth-order valence-electron chi connectivity index (χ4n) is 3.30. The molecule has 0 aliphatic carbocycles. The summed E-state index contributed by atoms with van der Waals surface area (Å²) in [5.74, 6) is 0.976. The highest BCUT2D eigenvalue weighted by Crippen LogP contribution is 2.24. The Kier molecular flexibility index (Phi) is 6.11. The summed E-state index contributed by atoms with van der Waals surface area (Å²) in [6.45, 7) is 11.5. The van der Waals surface area contributed by atoms with E-state index in [9.17, 15) is 0 Å². The molecule has 19 heavy (non-hydrogen) atoms. The van der Waals surface area contributed by atoms with Crippen molar-refractivity contribution in [2.75, 3.05) is 26.2 Å². The number of rotatable bonds is 6. The van der Waals surface area contributed by atoms with Crippen molar-refractivity contribution in [1.29, 1.82) is 0 Å². The van der Waals surface area contributed by atoms with Crippen molar-refractivity contribution in [1.82, 2.24) is 10.2 Å². The number of ether oxygens (including phenoxy) is 1. The molecule has 2 atom stereocenters. The van der Waals surface area contributed by atoms with Gasteiger partial charge >= 0.3 is 0 Å². The number of nitrogens with one attached hydrogen (secondary N) is 1. The van der Waals surface area contributed by atoms with Crippen LogP contribution >= 0.6 is 0 Å². The Hall–Kier alpha value is -0.120. The van der Waals surface area contributed by atoms with Gasteiger partial charge in [0, 0.05) is 19.1 Å². The molecule has 0 bridgehead atoms. The van der Waals surface area contributed by atoms with Crippen molar-refractivity contribution in [2.45, 2.75) is 71.1 Å². The highest BCUT2D eigenvalue weighted by molar-refractivity contribution is 4.80. The van der Waals surface area contributed by atoms with Gasteiger partial charge in [-0.3, -0.25) is 0 Å². The van der Waals surface area contributed by atoms with Crippen LogP contribution in [0.4, 0.5) is 0 Å². The Morgan fingerprint density at radius 2 is 1.79 bits per heavy atom. The van der Waals surface area contributed by atoms with E-state index in [0.717, 1.165) is 19.0 Å². The molecule has 0 aromatic carbocycles. The van der Waals surface area contributed by atoms with E-state index >= 15 is 0 Å². The first kappa shape index (κ1) is 15.3. The van der Waals surface area contributed by atoms with Crippen LogP contribution in [0.15, 0.2) is 0 Å². The van der Waals surface area contributed by atoms with Crippen LogP contribution in [0.2, 0.25) is 0 Å². The van der Waals surface area contributed by atoms with E-state index in [1.165, 1.54) is 45.2 Å². The van der Waals surface area contributed by atoms with Gasteiger partial charge in [-0.2, -0.15) is 0 Å². The Bertz CT molecular complexity index is 249. The van der Waals surface area contributed by atoms with E-state index in [4.69, 9.17) is 4.74 Å². The average molecular weight is 268 g/mol. The maximum Gasteiger partial charge on any atom is 0.0707 e. The third-order valence-corrected chi connectivity index (χ3v) is 4.70. The maximum atomic E-state index is 6.16. The molecular formula is C16H32N2O. The normalized spacial score (nSPS) is 30.3. The molecule has 112 valence electrons. The molecule has 2 aliphatic heterocycles. The zero-order valence-corrected chi connectivity index (χ0v) is 13.0. The molecule has 2 saturated heterocycles. The summed E-state index contributed by atoms with van der Waals surface area (Å²) < 4.78 is 6.16. The lowest BCUT2D eigenvalue weighted by Gasteiger charge is -2.33. The second kappa shape index (κ2) is 7.61. The lowest BCUT2D eigenvalue weighted by molar-refractivity contribution is 0.0159. The Morgan fingerprint density at radius 3 is 2.42 bits per heavy atom. The highest BCUT2D eigenvalue weighted by Gasteiger charge is 2.28. The van der Waals surface area contributed by atoms with Crippen LogP contribution in [0.25, 0.3) is 0 Å². The van der Waals surface area contributed by atoms with E-state index in [1.54, 1.807) is 0 Å². The average Bonchev–Trinajstić information content (AvgIpc) is 2.85. The molecule has 3 heteroatoms. The summed E-state index contributed by atoms with van der Waals surface area (Å²) >= 11 is 0. The molecule has 2 aliphatic rings. The molecule has 1 N–H and O–H groups in total. The minimum atomic E-state index is 0.445. The monoisotopic (exact) mass is 268 g/mol. The van der Waals surface area contributed by atoms with Gasteiger partial charge in [-0.05, 0) is 44.7 Å². The van der Waals surface area contributed by atoms with E-state index in [2.05, 4.69) is 31.0 Å². The third-order valence-electron chi connectivity index (χ3n) is 4.70. The Labute approximate surface area is 119 Å². The van der Waals surface area contributed by atoms with Crippen molar-refractivity contribution >= 4 is 0 Å². The largest absolute Gasteiger partial charge is 0.372 e. The summed E-state index contributed by atoms with van der Waals surface area (Å²) in [6, 6.07) is 0.565. The summed E-state index contributed by atoms with van der Waals surface area (Å²) in [5, 5.41) is 3.49. The standard InChI is InChI=1S/C16H32N2O/c1-4-14-7-9-18(10-8-14)12-16-6-5-15(19-16)11-17-13(2)3/h13-17H,4-12H2,1-3H3. The molecule has 0 aromatic heterocycles. The van der Waals surface area contributed by atoms with Gasteiger partial charge in [0.25, 0.3) is 0 Å². The molecule has 2 unspecified atom stereocenters.